The lowest BCUT2D eigenvalue weighted by Crippen LogP contribution is -2.29. The largest absolute Gasteiger partial charge is 0.507 e. The van der Waals surface area contributed by atoms with Crippen molar-refractivity contribution in [1.82, 2.24) is 19.9 Å². The van der Waals surface area contributed by atoms with E-state index in [9.17, 15) is 14.7 Å². The van der Waals surface area contributed by atoms with E-state index in [4.69, 9.17) is 5.11 Å². The lowest BCUT2D eigenvalue weighted by molar-refractivity contribution is -0.135. The van der Waals surface area contributed by atoms with Gasteiger partial charge in [0.15, 0.2) is 11.5 Å². The van der Waals surface area contributed by atoms with Crippen LogP contribution in [0, 0.1) is 0 Å². The average molecular weight is 349 g/mol. The van der Waals surface area contributed by atoms with E-state index < -0.39 is 18.4 Å². The van der Waals surface area contributed by atoms with Gasteiger partial charge in [-0.2, -0.15) is 0 Å². The third-order valence-electron chi connectivity index (χ3n) is 3.14. The molecule has 3 N–H and O–H groups in total. The number of aromatic hydroxyl groups is 1. The van der Waals surface area contributed by atoms with Crippen molar-refractivity contribution in [3.8, 4) is 17.1 Å². The van der Waals surface area contributed by atoms with Gasteiger partial charge in [-0.05, 0) is 6.07 Å². The van der Waals surface area contributed by atoms with Crippen LogP contribution in [0.15, 0.2) is 42.6 Å². The lowest BCUT2D eigenvalue weighted by atomic mass is 10.2. The summed E-state index contributed by atoms with van der Waals surface area (Å²) in [5, 5.41) is 25.0. The molecule has 2 aromatic heterocycles. The molecule has 0 atom stereocenters. The van der Waals surface area contributed by atoms with E-state index in [0.717, 1.165) is 5.56 Å². The molecule has 8 nitrogen and oxygen atoms in total. The molecule has 0 unspecified atom stereocenters. The smallest absolute Gasteiger partial charge is 0.322 e. The second-order valence-electron chi connectivity index (χ2n) is 4.72. The maximum Gasteiger partial charge on any atom is 0.322 e. The Hall–Kier alpha value is -3.13. The number of hydrogen-bond acceptors (Lipinski definition) is 5. The van der Waals surface area contributed by atoms with Gasteiger partial charge in [0, 0.05) is 11.8 Å². The van der Waals surface area contributed by atoms with Crippen LogP contribution < -0.4 is 5.32 Å². The summed E-state index contributed by atoms with van der Waals surface area (Å²) in [7, 11) is 0. The fourth-order valence-electron chi connectivity index (χ4n) is 2.11. The zero-order valence-corrected chi connectivity index (χ0v) is 13.0. The summed E-state index contributed by atoms with van der Waals surface area (Å²) >= 11 is 0. The topological polar surface area (TPSA) is 117 Å². The summed E-state index contributed by atoms with van der Waals surface area (Å²) in [6.45, 7) is -0.557. The van der Waals surface area contributed by atoms with Gasteiger partial charge in [0.25, 0.3) is 5.91 Å². The molecule has 0 saturated heterocycles. The first-order chi connectivity index (χ1) is 11.1. The first-order valence-corrected chi connectivity index (χ1v) is 6.70. The molecule has 9 heteroatoms. The van der Waals surface area contributed by atoms with Crippen LogP contribution >= 0.6 is 12.4 Å². The van der Waals surface area contributed by atoms with Crippen molar-refractivity contribution in [1.29, 1.82) is 0 Å². The molecule has 0 aliphatic heterocycles. The predicted molar refractivity (Wildman–Crippen MR) is 87.3 cm³/mol. The fraction of sp³-hybridized carbons (Fsp3) is 0.0667. The molecule has 24 heavy (non-hydrogen) atoms. The van der Waals surface area contributed by atoms with E-state index >= 15 is 0 Å². The monoisotopic (exact) mass is 348 g/mol. The van der Waals surface area contributed by atoms with Crippen molar-refractivity contribution in [2.45, 2.75) is 0 Å². The van der Waals surface area contributed by atoms with E-state index in [1.165, 1.54) is 16.8 Å². The molecule has 0 bridgehead atoms. The number of aromatic nitrogens is 3. The van der Waals surface area contributed by atoms with Crippen molar-refractivity contribution >= 4 is 29.9 Å². The number of halogens is 1. The highest BCUT2D eigenvalue weighted by Gasteiger charge is 2.20. The van der Waals surface area contributed by atoms with E-state index in [1.807, 2.05) is 30.3 Å². The second kappa shape index (κ2) is 6.97. The highest BCUT2D eigenvalue weighted by Crippen LogP contribution is 2.23. The Morgan fingerprint density at radius 2 is 1.88 bits per heavy atom. The Balaban J connectivity index is 0.00000208. The van der Waals surface area contributed by atoms with Crippen molar-refractivity contribution < 1.29 is 19.8 Å². The number of carbonyl (C=O) groups excluding carboxylic acids is 1. The molecular formula is C15H13ClN4O4. The molecule has 0 radical (unpaired) electrons. The number of carboxylic acid groups (broad SMARTS) is 1. The summed E-state index contributed by atoms with van der Waals surface area (Å²) in [5.41, 5.74) is 0.780. The molecule has 0 saturated carbocycles. The third-order valence-corrected chi connectivity index (χ3v) is 3.14. The first-order valence-electron chi connectivity index (χ1n) is 6.70. The van der Waals surface area contributed by atoms with Crippen LogP contribution in [0.5, 0.6) is 5.75 Å². The average Bonchev–Trinajstić information content (AvgIpc) is 2.97. The Morgan fingerprint density at radius 1 is 1.17 bits per heavy atom. The number of carbonyl (C=O) groups is 2. The van der Waals surface area contributed by atoms with Gasteiger partial charge in [0.05, 0.1) is 0 Å². The number of benzene rings is 1. The molecule has 0 spiro atoms. The van der Waals surface area contributed by atoms with E-state index in [2.05, 4.69) is 15.4 Å². The van der Waals surface area contributed by atoms with E-state index in [0.29, 0.717) is 5.82 Å². The number of fused-ring (bicyclic) bond motifs is 1. The van der Waals surface area contributed by atoms with Crippen LogP contribution in [0.3, 0.4) is 0 Å². The summed E-state index contributed by atoms with van der Waals surface area (Å²) in [6.07, 6.45) is 1.47. The molecular weight excluding hydrogens is 336 g/mol. The normalized spacial score (nSPS) is 10.2. The zero-order chi connectivity index (χ0) is 16.4. The molecule has 1 amide bonds. The van der Waals surface area contributed by atoms with Gasteiger partial charge >= 0.3 is 5.97 Å². The lowest BCUT2D eigenvalue weighted by Gasteiger charge is -2.05. The number of nitrogens with one attached hydrogen (secondary N) is 1. The van der Waals surface area contributed by atoms with Crippen molar-refractivity contribution in [2.75, 3.05) is 6.54 Å². The number of pyridine rings is 1. The minimum Gasteiger partial charge on any atom is -0.507 e. The van der Waals surface area contributed by atoms with Gasteiger partial charge in [0.1, 0.15) is 17.9 Å². The fourth-order valence-corrected chi connectivity index (χ4v) is 2.11. The Labute approximate surface area is 142 Å². The molecule has 0 fully saturated rings. The molecule has 2 heterocycles. The second-order valence-corrected chi connectivity index (χ2v) is 4.72. The number of nitrogens with zero attached hydrogens (tertiary/aromatic N) is 3. The molecule has 124 valence electrons. The van der Waals surface area contributed by atoms with Crippen molar-refractivity contribution in [3.05, 3.63) is 48.2 Å². The molecule has 3 aromatic rings. The van der Waals surface area contributed by atoms with Crippen molar-refractivity contribution in [2.24, 2.45) is 0 Å². The predicted octanol–water partition coefficient (Wildman–Crippen LogP) is 1.34. The van der Waals surface area contributed by atoms with Crippen LogP contribution in [0.25, 0.3) is 17.0 Å². The minimum atomic E-state index is -1.18. The van der Waals surface area contributed by atoms with Gasteiger partial charge in [-0.25, -0.2) is 9.50 Å². The summed E-state index contributed by atoms with van der Waals surface area (Å²) < 4.78 is 1.36. The summed E-state index contributed by atoms with van der Waals surface area (Å²) in [4.78, 5) is 27.0. The van der Waals surface area contributed by atoms with Gasteiger partial charge in [-0.15, -0.1) is 17.5 Å². The standard InChI is InChI=1S/C15H12N4O4.ClH/c20-10-6-7-19-14(12(10)15(23)16-8-11(21)22)17-13(18-19)9-4-2-1-3-5-9;/h1-7,20H,8H2,(H,16,23)(H,21,22);1H. The highest BCUT2D eigenvalue weighted by atomic mass is 35.5. The number of carboxylic acids is 1. The third kappa shape index (κ3) is 3.28. The van der Waals surface area contributed by atoms with Crippen LogP contribution in [-0.4, -0.2) is 43.2 Å². The quantitative estimate of drug-likeness (QED) is 0.655. The Kier molecular flexibility index (Phi) is 5.00. The number of rotatable bonds is 4. The maximum atomic E-state index is 12.1. The molecule has 0 aliphatic carbocycles. The summed E-state index contributed by atoms with van der Waals surface area (Å²) in [5.74, 6) is -1.82. The number of aliphatic carboxylic acids is 1. The molecule has 0 aliphatic rings. The zero-order valence-electron chi connectivity index (χ0n) is 12.2. The molecule has 1 aromatic carbocycles. The number of hydrogen-bond donors (Lipinski definition) is 3. The van der Waals surface area contributed by atoms with Crippen LogP contribution in [-0.2, 0) is 4.79 Å². The van der Waals surface area contributed by atoms with E-state index in [1.54, 1.807) is 0 Å². The van der Waals surface area contributed by atoms with Crippen LogP contribution in [0.2, 0.25) is 0 Å². The SMILES string of the molecule is Cl.O=C(O)CNC(=O)c1c(O)ccn2nc(-c3ccccc3)nc12. The minimum absolute atomic E-state index is 0. The van der Waals surface area contributed by atoms with Crippen LogP contribution in [0.4, 0.5) is 0 Å². The Morgan fingerprint density at radius 3 is 2.54 bits per heavy atom. The van der Waals surface area contributed by atoms with Gasteiger partial charge in [0.2, 0.25) is 0 Å². The Bertz CT molecular complexity index is 895. The van der Waals surface area contributed by atoms with Gasteiger partial charge < -0.3 is 15.5 Å². The van der Waals surface area contributed by atoms with Crippen molar-refractivity contribution in [3.63, 3.8) is 0 Å². The van der Waals surface area contributed by atoms with Gasteiger partial charge in [-0.3, -0.25) is 9.59 Å². The van der Waals surface area contributed by atoms with Crippen LogP contribution in [0.1, 0.15) is 10.4 Å². The van der Waals surface area contributed by atoms with Gasteiger partial charge in [-0.1, -0.05) is 30.3 Å². The molecule has 3 rings (SSSR count). The number of amides is 1. The van der Waals surface area contributed by atoms with E-state index in [-0.39, 0.29) is 29.4 Å². The summed E-state index contributed by atoms with van der Waals surface area (Å²) in [6, 6.07) is 10.5. The maximum absolute atomic E-state index is 12.1. The highest BCUT2D eigenvalue weighted by molar-refractivity contribution is 6.03. The first kappa shape index (κ1) is 17.2.